The van der Waals surface area contributed by atoms with Crippen LogP contribution in [0.5, 0.6) is 0 Å². The standard InChI is InChI=1S/C20H28N4O2/c1-16-20-22-12-19(15-26-14-18-4-10-25-11-5-18)24(20)9-8-23(16)13-17-2-6-21-7-3-17/h2-3,6-7,12,16,18H,4-5,8-11,13-15H2,1H3. The van der Waals surface area contributed by atoms with Crippen LogP contribution in [-0.2, 0) is 29.2 Å². The third kappa shape index (κ3) is 3.98. The van der Waals surface area contributed by atoms with Crippen molar-refractivity contribution in [3.63, 3.8) is 0 Å². The Morgan fingerprint density at radius 2 is 2.00 bits per heavy atom. The van der Waals surface area contributed by atoms with Crippen LogP contribution in [0, 0.1) is 5.92 Å². The van der Waals surface area contributed by atoms with Crippen LogP contribution in [0.4, 0.5) is 0 Å². The Morgan fingerprint density at radius 1 is 1.19 bits per heavy atom. The van der Waals surface area contributed by atoms with Gasteiger partial charge in [-0.15, -0.1) is 0 Å². The normalized spacial score (nSPS) is 21.7. The molecule has 0 N–H and O–H groups in total. The Balaban J connectivity index is 1.34. The molecule has 6 heteroatoms. The first-order valence-electron chi connectivity index (χ1n) is 9.64. The van der Waals surface area contributed by atoms with E-state index in [2.05, 4.69) is 33.5 Å². The second-order valence-corrected chi connectivity index (χ2v) is 7.33. The number of nitrogens with zero attached hydrogens (tertiary/aromatic N) is 4. The lowest BCUT2D eigenvalue weighted by molar-refractivity contribution is 0.0139. The van der Waals surface area contributed by atoms with Gasteiger partial charge in [0.15, 0.2) is 0 Å². The van der Waals surface area contributed by atoms with Crippen LogP contribution in [0.1, 0.15) is 42.9 Å². The molecule has 1 unspecified atom stereocenters. The van der Waals surface area contributed by atoms with Gasteiger partial charge in [-0.05, 0) is 43.4 Å². The smallest absolute Gasteiger partial charge is 0.126 e. The summed E-state index contributed by atoms with van der Waals surface area (Å²) in [5.74, 6) is 1.79. The molecule has 2 aromatic heterocycles. The van der Waals surface area contributed by atoms with Gasteiger partial charge in [0.25, 0.3) is 0 Å². The Bertz CT molecular complexity index is 697. The highest BCUT2D eigenvalue weighted by molar-refractivity contribution is 5.13. The second kappa shape index (κ2) is 8.29. The molecule has 2 aromatic rings. The molecule has 1 atom stereocenters. The van der Waals surface area contributed by atoms with Crippen molar-refractivity contribution in [3.05, 3.63) is 47.8 Å². The van der Waals surface area contributed by atoms with Gasteiger partial charge in [-0.2, -0.15) is 0 Å². The maximum absolute atomic E-state index is 6.00. The van der Waals surface area contributed by atoms with Crippen LogP contribution in [0.3, 0.4) is 0 Å². The molecule has 2 aliphatic rings. The number of pyridine rings is 1. The van der Waals surface area contributed by atoms with Crippen LogP contribution < -0.4 is 0 Å². The van der Waals surface area contributed by atoms with Crippen LogP contribution >= 0.6 is 0 Å². The summed E-state index contributed by atoms with van der Waals surface area (Å²) in [7, 11) is 0. The highest BCUT2D eigenvalue weighted by atomic mass is 16.5. The Hall–Kier alpha value is -1.76. The van der Waals surface area contributed by atoms with Crippen LogP contribution in [0.25, 0.3) is 0 Å². The first-order chi connectivity index (χ1) is 12.8. The van der Waals surface area contributed by atoms with Crippen LogP contribution in [0.15, 0.2) is 30.7 Å². The topological polar surface area (TPSA) is 52.4 Å². The summed E-state index contributed by atoms with van der Waals surface area (Å²) < 4.78 is 13.8. The summed E-state index contributed by atoms with van der Waals surface area (Å²) in [4.78, 5) is 11.3. The summed E-state index contributed by atoms with van der Waals surface area (Å²) in [6.07, 6.45) is 7.94. The first kappa shape index (κ1) is 17.6. The van der Waals surface area contributed by atoms with Crippen molar-refractivity contribution in [3.8, 4) is 0 Å². The number of imidazole rings is 1. The van der Waals surface area contributed by atoms with Crippen molar-refractivity contribution < 1.29 is 9.47 Å². The Morgan fingerprint density at radius 3 is 2.81 bits per heavy atom. The minimum atomic E-state index is 0.307. The number of rotatable bonds is 6. The van der Waals surface area contributed by atoms with Crippen molar-refractivity contribution in [2.24, 2.45) is 5.92 Å². The van der Waals surface area contributed by atoms with Gasteiger partial charge in [0.2, 0.25) is 0 Å². The van der Waals surface area contributed by atoms with Crippen LogP contribution in [-0.4, -0.2) is 45.8 Å². The van der Waals surface area contributed by atoms with E-state index in [1.807, 2.05) is 18.6 Å². The van der Waals surface area contributed by atoms with Gasteiger partial charge in [0, 0.05) is 45.2 Å². The van der Waals surface area contributed by atoms with Gasteiger partial charge >= 0.3 is 0 Å². The minimum absolute atomic E-state index is 0.307. The molecule has 6 nitrogen and oxygen atoms in total. The molecule has 4 rings (SSSR count). The summed E-state index contributed by atoms with van der Waals surface area (Å²) in [5.41, 5.74) is 2.49. The maximum atomic E-state index is 6.00. The number of hydrogen-bond donors (Lipinski definition) is 0. The average molecular weight is 356 g/mol. The van der Waals surface area contributed by atoms with E-state index in [0.717, 1.165) is 58.1 Å². The molecule has 0 saturated carbocycles. The fourth-order valence-corrected chi connectivity index (χ4v) is 3.90. The molecular weight excluding hydrogens is 328 g/mol. The van der Waals surface area contributed by atoms with E-state index in [1.54, 1.807) is 0 Å². The zero-order valence-corrected chi connectivity index (χ0v) is 15.5. The molecule has 0 radical (unpaired) electrons. The molecule has 2 aliphatic heterocycles. The van der Waals surface area contributed by atoms with Gasteiger partial charge in [0.05, 0.1) is 31.1 Å². The van der Waals surface area contributed by atoms with E-state index in [1.165, 1.54) is 11.3 Å². The monoisotopic (exact) mass is 356 g/mol. The molecular formula is C20H28N4O2. The highest BCUT2D eigenvalue weighted by Gasteiger charge is 2.27. The molecule has 0 spiro atoms. The summed E-state index contributed by atoms with van der Waals surface area (Å²) in [5, 5.41) is 0. The van der Waals surface area contributed by atoms with E-state index < -0.39 is 0 Å². The number of hydrogen-bond acceptors (Lipinski definition) is 5. The van der Waals surface area contributed by atoms with E-state index in [0.29, 0.717) is 18.6 Å². The molecule has 1 fully saturated rings. The van der Waals surface area contributed by atoms with Crippen molar-refractivity contribution in [2.75, 3.05) is 26.4 Å². The van der Waals surface area contributed by atoms with Crippen LogP contribution in [0.2, 0.25) is 0 Å². The van der Waals surface area contributed by atoms with Gasteiger partial charge in [-0.25, -0.2) is 4.98 Å². The third-order valence-electron chi connectivity index (χ3n) is 5.58. The third-order valence-corrected chi connectivity index (χ3v) is 5.58. The minimum Gasteiger partial charge on any atom is -0.381 e. The molecule has 0 aromatic carbocycles. The lowest BCUT2D eigenvalue weighted by Crippen LogP contribution is -2.37. The average Bonchev–Trinajstić information content (AvgIpc) is 3.10. The molecule has 0 bridgehead atoms. The Labute approximate surface area is 155 Å². The highest BCUT2D eigenvalue weighted by Crippen LogP contribution is 2.27. The van der Waals surface area contributed by atoms with E-state index in [4.69, 9.17) is 14.5 Å². The lowest BCUT2D eigenvalue weighted by atomic mass is 10.0. The quantitative estimate of drug-likeness (QED) is 0.797. The van der Waals surface area contributed by atoms with E-state index in [9.17, 15) is 0 Å². The van der Waals surface area contributed by atoms with Crippen molar-refractivity contribution >= 4 is 0 Å². The largest absolute Gasteiger partial charge is 0.381 e. The van der Waals surface area contributed by atoms with E-state index >= 15 is 0 Å². The predicted molar refractivity (Wildman–Crippen MR) is 98.5 cm³/mol. The Kier molecular flexibility index (Phi) is 5.62. The first-order valence-corrected chi connectivity index (χ1v) is 9.64. The van der Waals surface area contributed by atoms with Gasteiger partial charge in [-0.3, -0.25) is 9.88 Å². The SMILES string of the molecule is CC1c2ncc(COCC3CCOCC3)n2CCN1Cc1ccncc1. The summed E-state index contributed by atoms with van der Waals surface area (Å²) in [6, 6.07) is 4.48. The summed E-state index contributed by atoms with van der Waals surface area (Å²) in [6.45, 7) is 8.41. The number of fused-ring (bicyclic) bond motifs is 1. The molecule has 0 amide bonds. The molecule has 0 aliphatic carbocycles. The van der Waals surface area contributed by atoms with Crippen molar-refractivity contribution in [1.82, 2.24) is 19.4 Å². The second-order valence-electron chi connectivity index (χ2n) is 7.33. The van der Waals surface area contributed by atoms with Gasteiger partial charge < -0.3 is 14.0 Å². The predicted octanol–water partition coefficient (Wildman–Crippen LogP) is 2.80. The van der Waals surface area contributed by atoms with E-state index in [-0.39, 0.29) is 0 Å². The number of aromatic nitrogens is 3. The van der Waals surface area contributed by atoms with Gasteiger partial charge in [-0.1, -0.05) is 0 Å². The van der Waals surface area contributed by atoms with Crippen molar-refractivity contribution in [1.29, 1.82) is 0 Å². The zero-order valence-electron chi connectivity index (χ0n) is 15.5. The number of ether oxygens (including phenoxy) is 2. The van der Waals surface area contributed by atoms with Gasteiger partial charge in [0.1, 0.15) is 5.82 Å². The zero-order chi connectivity index (χ0) is 17.8. The fraction of sp³-hybridized carbons (Fsp3) is 0.600. The molecule has 26 heavy (non-hydrogen) atoms. The molecule has 4 heterocycles. The fourth-order valence-electron chi connectivity index (χ4n) is 3.90. The molecule has 1 saturated heterocycles. The summed E-state index contributed by atoms with van der Waals surface area (Å²) >= 11 is 0. The molecule has 140 valence electrons. The lowest BCUT2D eigenvalue weighted by Gasteiger charge is -2.34. The van der Waals surface area contributed by atoms with Crippen molar-refractivity contribution in [2.45, 2.75) is 45.5 Å². The maximum Gasteiger partial charge on any atom is 0.126 e.